The van der Waals surface area contributed by atoms with Gasteiger partial charge in [-0.2, -0.15) is 0 Å². The topological polar surface area (TPSA) is 25.9 Å². The van der Waals surface area contributed by atoms with Crippen LogP contribution in [0.4, 0.5) is 0 Å². The molecule has 0 spiro atoms. The zero-order chi connectivity index (χ0) is 17.6. The first kappa shape index (κ1) is 15.8. The summed E-state index contributed by atoms with van der Waals surface area (Å²) in [6, 6.07) is 8.20. The molecule has 0 radical (unpaired) electrons. The van der Waals surface area contributed by atoms with Gasteiger partial charge < -0.3 is 4.57 Å². The van der Waals surface area contributed by atoms with E-state index in [4.69, 9.17) is 0 Å². The van der Waals surface area contributed by atoms with Crippen LogP contribution in [0.25, 0.3) is 22.6 Å². The van der Waals surface area contributed by atoms with Crippen LogP contribution in [-0.2, 0) is 20.5 Å². The summed E-state index contributed by atoms with van der Waals surface area (Å²) < 4.78 is 4.31. The molecule has 0 saturated heterocycles. The average Bonchev–Trinajstić information content (AvgIpc) is 2.86. The molecule has 2 heterocycles. The normalized spacial score (nSPS) is 15.6. The Morgan fingerprint density at radius 2 is 2.04 bits per heavy atom. The van der Waals surface area contributed by atoms with Gasteiger partial charge in [-0.3, -0.25) is 4.79 Å². The lowest BCUT2D eigenvalue weighted by atomic mass is 9.87. The van der Waals surface area contributed by atoms with E-state index >= 15 is 0 Å². The number of carbonyl (C=O) groups excluding carboxylic acids is 1. The molecule has 2 aromatic heterocycles. The van der Waals surface area contributed by atoms with Crippen LogP contribution >= 0.6 is 0 Å². The molecule has 1 aromatic carbocycles. The quantitative estimate of drug-likeness (QED) is 0.515. The van der Waals surface area contributed by atoms with E-state index in [9.17, 15) is 4.79 Å². The Balaban J connectivity index is 1.91. The summed E-state index contributed by atoms with van der Waals surface area (Å²) in [4.78, 5) is 11.1. The van der Waals surface area contributed by atoms with Crippen molar-refractivity contribution in [2.24, 2.45) is 14.1 Å². The van der Waals surface area contributed by atoms with Crippen LogP contribution < -0.4 is 4.57 Å². The predicted octanol–water partition coefficient (Wildman–Crippen LogP) is 4.00. The fraction of sp³-hybridized carbons (Fsp3) is 0.273. The minimum absolute atomic E-state index is 0.725. The molecular weight excluding hydrogens is 308 g/mol. The molecule has 1 aliphatic rings. The van der Waals surface area contributed by atoms with Crippen molar-refractivity contribution in [3.63, 3.8) is 0 Å². The van der Waals surface area contributed by atoms with Crippen LogP contribution in [-0.4, -0.2) is 10.9 Å². The molecule has 4 rings (SSSR count). The van der Waals surface area contributed by atoms with E-state index in [0.717, 1.165) is 30.2 Å². The molecule has 3 heteroatoms. The van der Waals surface area contributed by atoms with Gasteiger partial charge >= 0.3 is 0 Å². The van der Waals surface area contributed by atoms with Gasteiger partial charge in [-0.25, -0.2) is 4.57 Å². The van der Waals surface area contributed by atoms with Gasteiger partial charge in [-0.15, -0.1) is 0 Å². The van der Waals surface area contributed by atoms with Crippen LogP contribution in [0.2, 0.25) is 0 Å². The molecule has 1 aliphatic carbocycles. The van der Waals surface area contributed by atoms with Crippen molar-refractivity contribution >= 4 is 28.8 Å². The number of hydrogen-bond donors (Lipinski definition) is 0. The molecule has 0 N–H and O–H groups in total. The number of nitrogens with zero attached hydrogens (tertiary/aromatic N) is 2. The Morgan fingerprint density at radius 3 is 2.84 bits per heavy atom. The molecule has 3 aromatic rings. The number of aromatic nitrogens is 2. The smallest absolute Gasteiger partial charge is 0.172 e. The number of rotatable bonds is 2. The van der Waals surface area contributed by atoms with E-state index in [1.54, 1.807) is 0 Å². The minimum atomic E-state index is 0.725. The van der Waals surface area contributed by atoms with Gasteiger partial charge in [-0.1, -0.05) is 12.1 Å². The molecule has 0 unspecified atom stereocenters. The third-order valence-electron chi connectivity index (χ3n) is 5.44. The summed E-state index contributed by atoms with van der Waals surface area (Å²) >= 11 is 0. The lowest BCUT2D eigenvalue weighted by Gasteiger charge is -2.17. The Bertz CT molecular complexity index is 1020. The van der Waals surface area contributed by atoms with Gasteiger partial charge in [0.1, 0.15) is 13.3 Å². The molecule has 0 amide bonds. The Kier molecular flexibility index (Phi) is 3.79. The van der Waals surface area contributed by atoms with Crippen LogP contribution in [0, 0.1) is 6.92 Å². The second-order valence-corrected chi connectivity index (χ2v) is 7.02. The molecule has 0 bridgehead atoms. The van der Waals surface area contributed by atoms with Crippen molar-refractivity contribution in [2.75, 3.05) is 0 Å². The second-order valence-electron chi connectivity index (χ2n) is 7.02. The van der Waals surface area contributed by atoms with Crippen LogP contribution in [0.15, 0.2) is 36.7 Å². The lowest BCUT2D eigenvalue weighted by molar-refractivity contribution is -0.672. The van der Waals surface area contributed by atoms with E-state index in [1.165, 1.54) is 39.8 Å². The summed E-state index contributed by atoms with van der Waals surface area (Å²) in [5.74, 6) is 0. The van der Waals surface area contributed by atoms with Gasteiger partial charge in [0.25, 0.3) is 0 Å². The van der Waals surface area contributed by atoms with E-state index in [-0.39, 0.29) is 0 Å². The van der Waals surface area contributed by atoms with Crippen molar-refractivity contribution in [2.45, 2.75) is 26.2 Å². The third-order valence-corrected chi connectivity index (χ3v) is 5.44. The number of carbonyl (C=O) groups is 1. The maximum absolute atomic E-state index is 11.1. The number of aryl methyl sites for hydroxylation is 3. The first-order valence-corrected chi connectivity index (χ1v) is 8.82. The highest BCUT2D eigenvalue weighted by atomic mass is 16.1. The Morgan fingerprint density at radius 1 is 1.20 bits per heavy atom. The van der Waals surface area contributed by atoms with Crippen molar-refractivity contribution in [3.8, 4) is 0 Å². The fourth-order valence-corrected chi connectivity index (χ4v) is 3.96. The first-order chi connectivity index (χ1) is 12.1. The van der Waals surface area contributed by atoms with E-state index in [0.29, 0.717) is 0 Å². The fourth-order valence-electron chi connectivity index (χ4n) is 3.96. The SMILES string of the molecule is Cc1c(/C=C2\CCCc3c[n+](C)ccc32)c2ccc(C=O)cc2n1C. The van der Waals surface area contributed by atoms with Crippen molar-refractivity contribution in [1.29, 1.82) is 0 Å². The number of pyridine rings is 1. The highest BCUT2D eigenvalue weighted by molar-refractivity contribution is 5.98. The number of allylic oxidation sites excluding steroid dienone is 1. The highest BCUT2D eigenvalue weighted by Crippen LogP contribution is 2.35. The zero-order valence-electron chi connectivity index (χ0n) is 15.0. The van der Waals surface area contributed by atoms with E-state index < -0.39 is 0 Å². The van der Waals surface area contributed by atoms with Gasteiger partial charge in [0.2, 0.25) is 0 Å². The molecule has 0 atom stereocenters. The largest absolute Gasteiger partial charge is 0.347 e. The Hall–Kier alpha value is -2.68. The molecule has 0 fully saturated rings. The van der Waals surface area contributed by atoms with Gasteiger partial charge in [-0.05, 0) is 49.5 Å². The van der Waals surface area contributed by atoms with Gasteiger partial charge in [0, 0.05) is 46.4 Å². The second kappa shape index (κ2) is 5.99. The molecule has 0 aliphatic heterocycles. The summed E-state index contributed by atoms with van der Waals surface area (Å²) in [6.45, 7) is 2.15. The third kappa shape index (κ3) is 2.60. The molecule has 126 valence electrons. The highest BCUT2D eigenvalue weighted by Gasteiger charge is 2.18. The maximum Gasteiger partial charge on any atom is 0.172 e. The minimum Gasteiger partial charge on any atom is -0.347 e. The zero-order valence-corrected chi connectivity index (χ0v) is 15.0. The molecular formula is C22H23N2O+. The average molecular weight is 331 g/mol. The Labute approximate surface area is 148 Å². The van der Waals surface area contributed by atoms with Crippen molar-refractivity contribution in [3.05, 3.63) is 64.6 Å². The summed E-state index contributed by atoms with van der Waals surface area (Å²) in [6.07, 6.45) is 11.1. The van der Waals surface area contributed by atoms with Gasteiger partial charge in [0.15, 0.2) is 12.4 Å². The molecule has 0 saturated carbocycles. The monoisotopic (exact) mass is 331 g/mol. The van der Waals surface area contributed by atoms with E-state index in [2.05, 4.69) is 60.8 Å². The summed E-state index contributed by atoms with van der Waals surface area (Å²) in [5, 5.41) is 1.21. The van der Waals surface area contributed by atoms with E-state index in [1.807, 2.05) is 12.1 Å². The molecule has 25 heavy (non-hydrogen) atoms. The van der Waals surface area contributed by atoms with Crippen LogP contribution in [0.1, 0.15) is 45.6 Å². The standard InChI is InChI=1S/C22H23N2O/c1-15-21(20-8-7-16(14-25)11-22(20)24(15)3)12-17-5-4-6-18-13-23(2)10-9-19(17)18/h7-14H,4-6H2,1-3H3/q+1. The molecule has 3 nitrogen and oxygen atoms in total. The van der Waals surface area contributed by atoms with Crippen molar-refractivity contribution < 1.29 is 9.36 Å². The summed E-state index contributed by atoms with van der Waals surface area (Å²) in [7, 11) is 4.15. The van der Waals surface area contributed by atoms with Crippen LogP contribution in [0.5, 0.6) is 0 Å². The van der Waals surface area contributed by atoms with Crippen molar-refractivity contribution in [1.82, 2.24) is 4.57 Å². The van der Waals surface area contributed by atoms with Crippen LogP contribution in [0.3, 0.4) is 0 Å². The summed E-state index contributed by atoms with van der Waals surface area (Å²) in [5.41, 5.74) is 8.57. The number of fused-ring (bicyclic) bond motifs is 2. The maximum atomic E-state index is 11.1. The number of aldehydes is 1. The number of benzene rings is 1. The van der Waals surface area contributed by atoms with Gasteiger partial charge in [0.05, 0.1) is 0 Å². The first-order valence-electron chi connectivity index (χ1n) is 8.82. The lowest BCUT2D eigenvalue weighted by Crippen LogP contribution is -2.28. The predicted molar refractivity (Wildman–Crippen MR) is 101 cm³/mol. The number of hydrogen-bond acceptors (Lipinski definition) is 1.